The van der Waals surface area contributed by atoms with Crippen molar-refractivity contribution in [3.8, 4) is 6.07 Å². The third kappa shape index (κ3) is 4.15. The maximum Gasteiger partial charge on any atom is 0.269 e. The molecule has 2 N–H and O–H groups in total. The third-order valence-electron chi connectivity index (χ3n) is 1.79. The zero-order chi connectivity index (χ0) is 10.3. The van der Waals surface area contributed by atoms with Crippen LogP contribution in [0.25, 0.3) is 0 Å². The summed E-state index contributed by atoms with van der Waals surface area (Å²) >= 11 is 0. The first-order chi connectivity index (χ1) is 6.06. The van der Waals surface area contributed by atoms with E-state index in [4.69, 9.17) is 15.7 Å². The van der Waals surface area contributed by atoms with Gasteiger partial charge in [-0.1, -0.05) is 0 Å². The number of halogens is 2. The average molecular weight is 192 g/mol. The summed E-state index contributed by atoms with van der Waals surface area (Å²) in [5.74, 6) is 0. The maximum absolute atomic E-state index is 12.2. The molecular formula is C8H14F2N2O. The number of hydrogen-bond acceptors (Lipinski definition) is 3. The second kappa shape index (κ2) is 5.84. The van der Waals surface area contributed by atoms with Crippen LogP contribution in [0.2, 0.25) is 0 Å². The molecule has 0 bridgehead atoms. The Morgan fingerprint density at radius 1 is 1.54 bits per heavy atom. The summed E-state index contributed by atoms with van der Waals surface area (Å²) in [5.41, 5.74) is 3.18. The molecule has 0 amide bonds. The quantitative estimate of drug-likeness (QED) is 0.645. The highest BCUT2D eigenvalue weighted by molar-refractivity contribution is 5.06. The third-order valence-corrected chi connectivity index (χ3v) is 1.79. The van der Waals surface area contributed by atoms with Crippen molar-refractivity contribution in [2.45, 2.75) is 31.2 Å². The summed E-state index contributed by atoms with van der Waals surface area (Å²) in [6.07, 6.45) is -1.67. The van der Waals surface area contributed by atoms with Crippen LogP contribution in [0.4, 0.5) is 8.78 Å². The van der Waals surface area contributed by atoms with Crippen molar-refractivity contribution in [2.24, 2.45) is 5.73 Å². The van der Waals surface area contributed by atoms with E-state index < -0.39 is 12.0 Å². The zero-order valence-electron chi connectivity index (χ0n) is 7.59. The normalized spacial score (nSPS) is 15.4. The fourth-order valence-corrected chi connectivity index (χ4v) is 0.878. The van der Waals surface area contributed by atoms with E-state index in [2.05, 4.69) is 0 Å². The Hall–Kier alpha value is -0.730. The fraction of sp³-hybridized carbons (Fsp3) is 0.875. The molecule has 0 radical (unpaired) electrons. The molecule has 0 aliphatic rings. The van der Waals surface area contributed by atoms with E-state index in [1.54, 1.807) is 0 Å². The fourth-order valence-electron chi connectivity index (χ4n) is 0.878. The van der Waals surface area contributed by atoms with Crippen molar-refractivity contribution in [2.75, 3.05) is 13.7 Å². The van der Waals surface area contributed by atoms with Crippen molar-refractivity contribution in [1.82, 2.24) is 0 Å². The van der Waals surface area contributed by atoms with Gasteiger partial charge >= 0.3 is 0 Å². The van der Waals surface area contributed by atoms with Gasteiger partial charge in [-0.05, 0) is 19.3 Å². The van der Waals surface area contributed by atoms with Crippen molar-refractivity contribution in [1.29, 1.82) is 5.26 Å². The Labute approximate surface area is 76.5 Å². The van der Waals surface area contributed by atoms with E-state index in [9.17, 15) is 8.78 Å². The molecule has 5 heteroatoms. The standard InChI is InChI=1S/C8H14F2N2O/c1-13-5-3-2-4-8(12,6-11)7(9)10/h7H,2-5,12H2,1H3. The molecule has 0 rings (SSSR count). The predicted octanol–water partition coefficient (Wildman–Crippen LogP) is 1.29. The van der Waals surface area contributed by atoms with Gasteiger partial charge in [0.15, 0.2) is 5.54 Å². The van der Waals surface area contributed by atoms with Gasteiger partial charge in [-0.25, -0.2) is 8.78 Å². The lowest BCUT2D eigenvalue weighted by Gasteiger charge is -2.19. The molecule has 0 saturated heterocycles. The summed E-state index contributed by atoms with van der Waals surface area (Å²) < 4.78 is 29.2. The molecule has 0 heterocycles. The van der Waals surface area contributed by atoms with Gasteiger partial charge in [-0.15, -0.1) is 0 Å². The first-order valence-electron chi connectivity index (χ1n) is 4.04. The first kappa shape index (κ1) is 12.3. The number of methoxy groups -OCH3 is 1. The number of nitrogens with zero attached hydrogens (tertiary/aromatic N) is 1. The highest BCUT2D eigenvalue weighted by Gasteiger charge is 2.35. The van der Waals surface area contributed by atoms with E-state index in [-0.39, 0.29) is 6.42 Å². The molecule has 0 spiro atoms. The number of nitriles is 1. The van der Waals surface area contributed by atoms with Crippen molar-refractivity contribution in [3.05, 3.63) is 0 Å². The molecule has 0 saturated carbocycles. The van der Waals surface area contributed by atoms with E-state index in [1.165, 1.54) is 13.2 Å². The van der Waals surface area contributed by atoms with Gasteiger partial charge in [0.25, 0.3) is 6.43 Å². The second-order valence-electron chi connectivity index (χ2n) is 2.90. The van der Waals surface area contributed by atoms with Crippen LogP contribution in [0.15, 0.2) is 0 Å². The van der Waals surface area contributed by atoms with E-state index >= 15 is 0 Å². The summed E-state index contributed by atoms with van der Waals surface area (Å²) in [6.45, 7) is 0.505. The molecule has 0 aromatic carbocycles. The summed E-state index contributed by atoms with van der Waals surface area (Å²) in [6, 6.07) is 1.44. The molecule has 13 heavy (non-hydrogen) atoms. The molecular weight excluding hydrogens is 178 g/mol. The Kier molecular flexibility index (Phi) is 5.51. The van der Waals surface area contributed by atoms with Gasteiger partial charge in [0.2, 0.25) is 0 Å². The summed E-state index contributed by atoms with van der Waals surface area (Å²) in [4.78, 5) is 0. The molecule has 0 aromatic heterocycles. The smallest absolute Gasteiger partial charge is 0.269 e. The average Bonchev–Trinajstić information content (AvgIpc) is 2.12. The van der Waals surface area contributed by atoms with Crippen molar-refractivity contribution >= 4 is 0 Å². The summed E-state index contributed by atoms with van der Waals surface area (Å²) in [7, 11) is 1.53. The molecule has 76 valence electrons. The van der Waals surface area contributed by atoms with Gasteiger partial charge in [0.05, 0.1) is 6.07 Å². The minimum atomic E-state index is -2.79. The van der Waals surface area contributed by atoms with Crippen LogP contribution in [-0.2, 0) is 4.74 Å². The minimum Gasteiger partial charge on any atom is -0.385 e. The van der Waals surface area contributed by atoms with Crippen LogP contribution in [0.3, 0.4) is 0 Å². The van der Waals surface area contributed by atoms with Gasteiger partial charge in [0.1, 0.15) is 0 Å². The lowest BCUT2D eigenvalue weighted by molar-refractivity contribution is 0.0755. The predicted molar refractivity (Wildman–Crippen MR) is 44.3 cm³/mol. The maximum atomic E-state index is 12.2. The lowest BCUT2D eigenvalue weighted by atomic mass is 9.96. The largest absolute Gasteiger partial charge is 0.385 e. The van der Waals surface area contributed by atoms with Gasteiger partial charge < -0.3 is 10.5 Å². The molecule has 1 unspecified atom stereocenters. The highest BCUT2D eigenvalue weighted by atomic mass is 19.3. The number of unbranched alkanes of at least 4 members (excludes halogenated alkanes) is 1. The number of ether oxygens (including phenoxy) is 1. The van der Waals surface area contributed by atoms with E-state index in [0.29, 0.717) is 19.4 Å². The lowest BCUT2D eigenvalue weighted by Crippen LogP contribution is -2.45. The molecule has 1 atom stereocenters. The molecule has 3 nitrogen and oxygen atoms in total. The van der Waals surface area contributed by atoms with Crippen molar-refractivity contribution in [3.63, 3.8) is 0 Å². The van der Waals surface area contributed by atoms with Crippen LogP contribution in [0.1, 0.15) is 19.3 Å². The Morgan fingerprint density at radius 2 is 2.15 bits per heavy atom. The molecule has 0 aliphatic carbocycles. The number of nitrogens with two attached hydrogens (primary N) is 1. The Bertz CT molecular complexity index is 181. The number of hydrogen-bond donors (Lipinski definition) is 1. The van der Waals surface area contributed by atoms with Crippen LogP contribution < -0.4 is 5.73 Å². The topological polar surface area (TPSA) is 59.0 Å². The number of rotatable bonds is 6. The first-order valence-corrected chi connectivity index (χ1v) is 4.04. The zero-order valence-corrected chi connectivity index (χ0v) is 7.59. The molecule has 0 fully saturated rings. The monoisotopic (exact) mass is 192 g/mol. The SMILES string of the molecule is COCCCCC(N)(C#N)C(F)F. The number of alkyl halides is 2. The Morgan fingerprint density at radius 3 is 2.54 bits per heavy atom. The van der Waals surface area contributed by atoms with E-state index in [0.717, 1.165) is 0 Å². The second-order valence-corrected chi connectivity index (χ2v) is 2.90. The van der Waals surface area contributed by atoms with Gasteiger partial charge in [-0.3, -0.25) is 0 Å². The van der Waals surface area contributed by atoms with Crippen molar-refractivity contribution < 1.29 is 13.5 Å². The van der Waals surface area contributed by atoms with Gasteiger partial charge in [0, 0.05) is 13.7 Å². The van der Waals surface area contributed by atoms with E-state index in [1.807, 2.05) is 0 Å². The van der Waals surface area contributed by atoms with Gasteiger partial charge in [-0.2, -0.15) is 5.26 Å². The minimum absolute atomic E-state index is 0.00449. The molecule has 0 aromatic rings. The Balaban J connectivity index is 3.80. The van der Waals surface area contributed by atoms with Crippen LogP contribution >= 0.6 is 0 Å². The highest BCUT2D eigenvalue weighted by Crippen LogP contribution is 2.18. The van der Waals surface area contributed by atoms with Crippen LogP contribution in [0.5, 0.6) is 0 Å². The molecule has 0 aliphatic heterocycles. The van der Waals surface area contributed by atoms with Crippen LogP contribution in [-0.4, -0.2) is 25.7 Å². The summed E-state index contributed by atoms with van der Waals surface area (Å²) in [5, 5.41) is 8.43. The van der Waals surface area contributed by atoms with Crippen LogP contribution in [0, 0.1) is 11.3 Å².